The Hall–Kier alpha value is -4.08. The summed E-state index contributed by atoms with van der Waals surface area (Å²) < 4.78 is 59.5. The van der Waals surface area contributed by atoms with Gasteiger partial charge in [0.1, 0.15) is 0 Å². The van der Waals surface area contributed by atoms with Crippen LogP contribution in [-0.4, -0.2) is 51.6 Å². The molecule has 0 fully saturated rings. The molecule has 0 bridgehead atoms. The molecule has 0 radical (unpaired) electrons. The van der Waals surface area contributed by atoms with Crippen LogP contribution >= 0.6 is 0 Å². The second-order valence-electron chi connectivity index (χ2n) is 11.7. The van der Waals surface area contributed by atoms with Crippen molar-refractivity contribution in [3.05, 3.63) is 145 Å². The zero-order valence-electron chi connectivity index (χ0n) is 26.4. The van der Waals surface area contributed by atoms with Crippen molar-refractivity contribution in [2.45, 2.75) is 36.5 Å². The first-order valence-electron chi connectivity index (χ1n) is 15.3. The summed E-state index contributed by atoms with van der Waals surface area (Å²) in [6, 6.07) is 25.5. The summed E-state index contributed by atoms with van der Waals surface area (Å²) in [7, 11) is -7.81. The fourth-order valence-electron chi connectivity index (χ4n) is 5.87. The highest BCUT2D eigenvalue weighted by molar-refractivity contribution is 7.89. The lowest BCUT2D eigenvalue weighted by atomic mass is 9.94. The van der Waals surface area contributed by atoms with E-state index in [4.69, 9.17) is 0 Å². The molecular weight excluding hydrogens is 613 g/mol. The molecule has 0 amide bonds. The van der Waals surface area contributed by atoms with Crippen molar-refractivity contribution in [3.8, 4) is 0 Å². The van der Waals surface area contributed by atoms with Crippen LogP contribution in [0.1, 0.15) is 26.7 Å². The Morgan fingerprint density at radius 1 is 0.652 bits per heavy atom. The molecule has 4 aromatic rings. The van der Waals surface area contributed by atoms with Crippen LogP contribution in [0.25, 0.3) is 21.5 Å². The third-order valence-corrected chi connectivity index (χ3v) is 12.2. The van der Waals surface area contributed by atoms with Crippen molar-refractivity contribution >= 4 is 41.6 Å². The SMILES string of the molecule is C=CCN(CC1=C/C/C(C)=C(/C)C/C(CN(CC=C)S(=O)(=O)c2cccc3ccccc23)=C\1)S(=O)(=O)c1cccc2ccccc12. The normalized spacial score (nSPS) is 18.5. The van der Waals surface area contributed by atoms with Gasteiger partial charge in [-0.2, -0.15) is 8.61 Å². The summed E-state index contributed by atoms with van der Waals surface area (Å²) in [5.41, 5.74) is 4.00. The molecule has 6 nitrogen and oxygen atoms in total. The van der Waals surface area contributed by atoms with Gasteiger partial charge < -0.3 is 0 Å². The van der Waals surface area contributed by atoms with Gasteiger partial charge >= 0.3 is 0 Å². The van der Waals surface area contributed by atoms with Gasteiger partial charge in [-0.3, -0.25) is 0 Å². The smallest absolute Gasteiger partial charge is 0.207 e. The predicted molar refractivity (Wildman–Crippen MR) is 190 cm³/mol. The lowest BCUT2D eigenvalue weighted by molar-refractivity contribution is 0.463. The molecular formula is C38H40N2O4S2. The van der Waals surface area contributed by atoms with Crippen LogP contribution < -0.4 is 0 Å². The Bertz CT molecular complexity index is 2100. The monoisotopic (exact) mass is 652 g/mol. The fourth-order valence-corrected chi connectivity index (χ4v) is 9.11. The van der Waals surface area contributed by atoms with Gasteiger partial charge in [0, 0.05) is 37.0 Å². The topological polar surface area (TPSA) is 74.8 Å². The number of allylic oxidation sites excluding steroid dienone is 3. The average molecular weight is 653 g/mol. The minimum absolute atomic E-state index is 0.116. The van der Waals surface area contributed by atoms with Gasteiger partial charge in [-0.1, -0.05) is 114 Å². The van der Waals surface area contributed by atoms with E-state index < -0.39 is 20.0 Å². The van der Waals surface area contributed by atoms with Crippen molar-refractivity contribution < 1.29 is 16.8 Å². The van der Waals surface area contributed by atoms with Gasteiger partial charge in [0.15, 0.2) is 0 Å². The van der Waals surface area contributed by atoms with Crippen LogP contribution in [0.4, 0.5) is 0 Å². The second-order valence-corrected chi connectivity index (χ2v) is 15.5. The zero-order chi connectivity index (χ0) is 32.9. The van der Waals surface area contributed by atoms with Crippen LogP contribution in [0, 0.1) is 0 Å². The van der Waals surface area contributed by atoms with Gasteiger partial charge in [-0.25, -0.2) is 16.8 Å². The molecule has 46 heavy (non-hydrogen) atoms. The van der Waals surface area contributed by atoms with Crippen LogP contribution in [0.3, 0.4) is 0 Å². The molecule has 1 aliphatic carbocycles. The van der Waals surface area contributed by atoms with E-state index in [1.807, 2.05) is 72.8 Å². The first-order valence-corrected chi connectivity index (χ1v) is 18.2. The molecule has 238 valence electrons. The summed E-state index contributed by atoms with van der Waals surface area (Å²) in [6.07, 6.45) is 8.45. The highest BCUT2D eigenvalue weighted by Gasteiger charge is 2.29. The molecule has 0 N–H and O–H groups in total. The van der Waals surface area contributed by atoms with E-state index in [2.05, 4.69) is 27.0 Å². The summed E-state index contributed by atoms with van der Waals surface area (Å²) in [5, 5.41) is 3.02. The molecule has 0 atom stereocenters. The van der Waals surface area contributed by atoms with Crippen molar-refractivity contribution in [1.82, 2.24) is 8.61 Å². The zero-order valence-corrected chi connectivity index (χ0v) is 28.0. The van der Waals surface area contributed by atoms with Crippen LogP contribution in [0.5, 0.6) is 0 Å². The van der Waals surface area contributed by atoms with E-state index >= 15 is 0 Å². The van der Waals surface area contributed by atoms with Crippen molar-refractivity contribution in [1.29, 1.82) is 0 Å². The first kappa shape index (κ1) is 33.3. The number of hydrogen-bond donors (Lipinski definition) is 0. The van der Waals surface area contributed by atoms with Gasteiger partial charge in [0.25, 0.3) is 0 Å². The summed E-state index contributed by atoms with van der Waals surface area (Å²) in [6.45, 7) is 12.3. The summed E-state index contributed by atoms with van der Waals surface area (Å²) in [5.74, 6) is 0. The molecule has 1 aliphatic rings. The maximum absolute atomic E-state index is 14.2. The average Bonchev–Trinajstić information content (AvgIpc) is 3.05. The molecule has 0 unspecified atom stereocenters. The molecule has 5 rings (SSSR count). The number of hydrogen-bond acceptors (Lipinski definition) is 4. The van der Waals surface area contributed by atoms with E-state index in [1.54, 1.807) is 36.4 Å². The van der Waals surface area contributed by atoms with Gasteiger partial charge in [-0.05, 0) is 55.2 Å². The molecule has 0 spiro atoms. The molecule has 4 aromatic carbocycles. The van der Waals surface area contributed by atoms with E-state index in [-0.39, 0.29) is 36.0 Å². The maximum atomic E-state index is 14.2. The Morgan fingerprint density at radius 3 is 1.65 bits per heavy atom. The maximum Gasteiger partial charge on any atom is 0.244 e. The largest absolute Gasteiger partial charge is 0.244 e. The molecule has 0 saturated carbocycles. The molecule has 0 aliphatic heterocycles. The van der Waals surface area contributed by atoms with E-state index in [9.17, 15) is 16.8 Å². The molecule has 0 aromatic heterocycles. The molecule has 8 heteroatoms. The number of fused-ring (bicyclic) bond motifs is 2. The van der Waals surface area contributed by atoms with Gasteiger partial charge in [-0.15, -0.1) is 13.2 Å². The summed E-state index contributed by atoms with van der Waals surface area (Å²) in [4.78, 5) is 0.491. The van der Waals surface area contributed by atoms with E-state index in [1.165, 1.54) is 14.2 Å². The second kappa shape index (κ2) is 14.1. The fraction of sp³-hybridized carbons (Fsp3) is 0.211. The third-order valence-electron chi connectivity index (χ3n) is 8.42. The lowest BCUT2D eigenvalue weighted by Gasteiger charge is -2.26. The molecule has 0 saturated heterocycles. The van der Waals surface area contributed by atoms with Crippen molar-refractivity contribution in [2.75, 3.05) is 26.2 Å². The number of rotatable bonds is 12. The highest BCUT2D eigenvalue weighted by atomic mass is 32.2. The Kier molecular flexibility index (Phi) is 10.2. The lowest BCUT2D eigenvalue weighted by Crippen LogP contribution is -2.34. The quantitative estimate of drug-likeness (QED) is 0.145. The Labute approximate surface area is 273 Å². The van der Waals surface area contributed by atoms with Gasteiger partial charge in [0.05, 0.1) is 9.79 Å². The van der Waals surface area contributed by atoms with Crippen LogP contribution in [-0.2, 0) is 20.0 Å². The minimum Gasteiger partial charge on any atom is -0.207 e. The minimum atomic E-state index is -3.90. The molecule has 0 heterocycles. The Balaban J connectivity index is 1.53. The predicted octanol–water partition coefficient (Wildman–Crippen LogP) is 8.03. The third kappa shape index (κ3) is 7.00. The van der Waals surface area contributed by atoms with E-state index in [0.29, 0.717) is 23.6 Å². The first-order chi connectivity index (χ1) is 22.1. The number of benzene rings is 4. The van der Waals surface area contributed by atoms with E-state index in [0.717, 1.165) is 27.5 Å². The number of sulfonamides is 2. The van der Waals surface area contributed by atoms with Crippen LogP contribution in [0.2, 0.25) is 0 Å². The van der Waals surface area contributed by atoms with Crippen LogP contribution in [0.15, 0.2) is 154 Å². The Morgan fingerprint density at radius 2 is 1.13 bits per heavy atom. The number of nitrogens with zero attached hydrogens (tertiary/aromatic N) is 2. The van der Waals surface area contributed by atoms with Gasteiger partial charge in [0.2, 0.25) is 20.0 Å². The summed E-state index contributed by atoms with van der Waals surface area (Å²) >= 11 is 0. The standard InChI is InChI=1S/C38H40N2O4S2/c1-5-23-39(45(41,42)37-19-11-15-33-13-7-9-17-35(33)37)27-31-22-21-29(3)30(4)25-32(26-31)28-40(24-6-2)46(43,44)38-20-12-16-34-14-8-10-18-36(34)38/h5-20,22,26H,1-2,21,23-25,27-28H2,3-4H3/b30-29-,31-22+,32-26+. The van der Waals surface area contributed by atoms with Crippen molar-refractivity contribution in [2.24, 2.45) is 0 Å². The van der Waals surface area contributed by atoms with Crippen molar-refractivity contribution in [3.63, 3.8) is 0 Å². The highest BCUT2D eigenvalue weighted by Crippen LogP contribution is 2.31.